The van der Waals surface area contributed by atoms with E-state index >= 15 is 0 Å². The van der Waals surface area contributed by atoms with Crippen molar-refractivity contribution in [1.29, 1.82) is 0 Å². The monoisotopic (exact) mass is 403 g/mol. The van der Waals surface area contributed by atoms with Gasteiger partial charge >= 0.3 is 0 Å². The number of nitrogens with zero attached hydrogens (tertiary/aromatic N) is 1. The Morgan fingerprint density at radius 1 is 0.633 bits per heavy atom. The van der Waals surface area contributed by atoms with Crippen molar-refractivity contribution >= 4 is 23.4 Å². The van der Waals surface area contributed by atoms with Crippen LogP contribution in [0.2, 0.25) is 0 Å². The SMILES string of the molecule is COc1ccccc1OC(=C=O)c1cccc(C(=C=O)Oc2ccccc2OC)n1. The minimum Gasteiger partial charge on any atom is -0.493 e. The van der Waals surface area contributed by atoms with E-state index in [0.717, 1.165) is 0 Å². The number of hydrogen-bond acceptors (Lipinski definition) is 7. The second kappa shape index (κ2) is 9.75. The predicted octanol–water partition coefficient (Wildman–Crippen LogP) is 3.60. The Hall–Kier alpha value is -4.31. The highest BCUT2D eigenvalue weighted by atomic mass is 16.5. The zero-order chi connectivity index (χ0) is 21.3. The van der Waals surface area contributed by atoms with Gasteiger partial charge in [-0.05, 0) is 36.4 Å². The standard InChI is InChI=1S/C23H17NO6/c1-27-18-10-3-5-12-20(18)29-22(14-25)16-8-7-9-17(24-16)23(15-26)30-21-13-6-4-11-19(21)28-2/h3-13H,1-2H3. The van der Waals surface area contributed by atoms with E-state index < -0.39 is 0 Å². The highest BCUT2D eigenvalue weighted by Crippen LogP contribution is 2.31. The van der Waals surface area contributed by atoms with E-state index in [1.807, 2.05) is 0 Å². The third-order valence-electron chi connectivity index (χ3n) is 3.96. The van der Waals surface area contributed by atoms with Gasteiger partial charge in [-0.25, -0.2) is 14.6 Å². The highest BCUT2D eigenvalue weighted by Gasteiger charge is 2.16. The lowest BCUT2D eigenvalue weighted by molar-refractivity contribution is 0.384. The van der Waals surface area contributed by atoms with E-state index in [4.69, 9.17) is 18.9 Å². The number of aromatic nitrogens is 1. The number of rotatable bonds is 8. The lowest BCUT2D eigenvalue weighted by atomic mass is 10.2. The number of hydrogen-bond donors (Lipinski definition) is 0. The van der Waals surface area contributed by atoms with Crippen LogP contribution in [0.15, 0.2) is 66.7 Å². The van der Waals surface area contributed by atoms with E-state index in [1.54, 1.807) is 78.6 Å². The first-order valence-corrected chi connectivity index (χ1v) is 8.80. The normalized spacial score (nSPS) is 9.67. The van der Waals surface area contributed by atoms with Gasteiger partial charge in [-0.15, -0.1) is 0 Å². The average Bonchev–Trinajstić information content (AvgIpc) is 2.81. The van der Waals surface area contributed by atoms with Crippen LogP contribution in [0.25, 0.3) is 11.5 Å². The van der Waals surface area contributed by atoms with Crippen LogP contribution in [0.3, 0.4) is 0 Å². The predicted molar refractivity (Wildman–Crippen MR) is 110 cm³/mol. The van der Waals surface area contributed by atoms with Crippen molar-refractivity contribution in [3.05, 3.63) is 78.1 Å². The molecule has 0 saturated heterocycles. The van der Waals surface area contributed by atoms with Crippen LogP contribution in [0.5, 0.6) is 23.0 Å². The van der Waals surface area contributed by atoms with Gasteiger partial charge < -0.3 is 18.9 Å². The first-order valence-electron chi connectivity index (χ1n) is 8.80. The Morgan fingerprint density at radius 3 is 1.40 bits per heavy atom. The van der Waals surface area contributed by atoms with Crippen LogP contribution in [-0.4, -0.2) is 31.1 Å². The zero-order valence-corrected chi connectivity index (χ0v) is 16.2. The van der Waals surface area contributed by atoms with Crippen molar-refractivity contribution in [3.63, 3.8) is 0 Å². The van der Waals surface area contributed by atoms with Gasteiger partial charge in [0.2, 0.25) is 11.5 Å². The van der Waals surface area contributed by atoms with Gasteiger partial charge in [0.15, 0.2) is 34.9 Å². The highest BCUT2D eigenvalue weighted by molar-refractivity contribution is 5.86. The third kappa shape index (κ3) is 4.56. The number of para-hydroxylation sites is 4. The molecule has 7 heteroatoms. The van der Waals surface area contributed by atoms with Crippen molar-refractivity contribution in [2.75, 3.05) is 14.2 Å². The molecule has 0 atom stereocenters. The van der Waals surface area contributed by atoms with Crippen molar-refractivity contribution in [2.45, 2.75) is 0 Å². The molecule has 0 aliphatic heterocycles. The Labute approximate surface area is 172 Å². The summed E-state index contributed by atoms with van der Waals surface area (Å²) >= 11 is 0. The molecule has 3 aromatic rings. The Balaban J connectivity index is 1.90. The van der Waals surface area contributed by atoms with Crippen LogP contribution < -0.4 is 18.9 Å². The number of methoxy groups -OCH3 is 2. The molecular formula is C23H17NO6. The first-order chi connectivity index (χ1) is 14.7. The fourth-order valence-electron chi connectivity index (χ4n) is 2.56. The molecule has 0 aliphatic carbocycles. The molecule has 0 amide bonds. The van der Waals surface area contributed by atoms with E-state index in [1.165, 1.54) is 14.2 Å². The molecule has 0 radical (unpaired) electrons. The molecule has 2 aromatic carbocycles. The van der Waals surface area contributed by atoms with E-state index in [0.29, 0.717) is 23.0 Å². The van der Waals surface area contributed by atoms with Gasteiger partial charge in [0.1, 0.15) is 11.4 Å². The topological polar surface area (TPSA) is 84.0 Å². The molecule has 0 aliphatic rings. The average molecular weight is 403 g/mol. The molecule has 0 spiro atoms. The Bertz CT molecular complexity index is 1060. The lowest BCUT2D eigenvalue weighted by Crippen LogP contribution is -2.04. The van der Waals surface area contributed by atoms with E-state index in [-0.39, 0.29) is 22.9 Å². The van der Waals surface area contributed by atoms with Gasteiger partial charge in [-0.1, -0.05) is 30.3 Å². The lowest BCUT2D eigenvalue weighted by Gasteiger charge is -2.12. The molecule has 3 rings (SSSR count). The summed E-state index contributed by atoms with van der Waals surface area (Å²) < 4.78 is 21.7. The quantitative estimate of drug-likeness (QED) is 0.420. The van der Waals surface area contributed by atoms with E-state index in [2.05, 4.69) is 4.98 Å². The maximum atomic E-state index is 11.5. The van der Waals surface area contributed by atoms with Crippen molar-refractivity contribution in [1.82, 2.24) is 4.98 Å². The van der Waals surface area contributed by atoms with Crippen LogP contribution in [0, 0.1) is 0 Å². The van der Waals surface area contributed by atoms with Crippen LogP contribution in [-0.2, 0) is 9.59 Å². The summed E-state index contributed by atoms with van der Waals surface area (Å²) in [4.78, 5) is 27.4. The van der Waals surface area contributed by atoms with Crippen LogP contribution in [0.4, 0.5) is 0 Å². The fraction of sp³-hybridized carbons (Fsp3) is 0.0870. The molecule has 1 heterocycles. The Morgan fingerprint density at radius 2 is 1.03 bits per heavy atom. The summed E-state index contributed by atoms with van der Waals surface area (Å²) in [6.45, 7) is 0. The molecule has 7 nitrogen and oxygen atoms in total. The molecule has 30 heavy (non-hydrogen) atoms. The van der Waals surface area contributed by atoms with Gasteiger partial charge in [-0.3, -0.25) is 0 Å². The summed E-state index contributed by atoms with van der Waals surface area (Å²) in [7, 11) is 2.98. The minimum atomic E-state index is -0.177. The molecule has 0 saturated carbocycles. The van der Waals surface area contributed by atoms with Crippen LogP contribution in [0.1, 0.15) is 11.4 Å². The maximum absolute atomic E-state index is 11.5. The van der Waals surface area contributed by atoms with Crippen LogP contribution >= 0.6 is 0 Å². The van der Waals surface area contributed by atoms with Gasteiger partial charge in [0.25, 0.3) is 0 Å². The molecule has 1 aromatic heterocycles. The maximum Gasteiger partial charge on any atom is 0.236 e. The number of pyridine rings is 1. The largest absolute Gasteiger partial charge is 0.493 e. The molecule has 0 unspecified atom stereocenters. The fourth-order valence-corrected chi connectivity index (χ4v) is 2.56. The van der Waals surface area contributed by atoms with Crippen molar-refractivity contribution in [2.24, 2.45) is 0 Å². The third-order valence-corrected chi connectivity index (χ3v) is 3.96. The molecule has 0 N–H and O–H groups in total. The second-order valence-electron chi connectivity index (χ2n) is 5.78. The van der Waals surface area contributed by atoms with Gasteiger partial charge in [0, 0.05) is 0 Å². The zero-order valence-electron chi connectivity index (χ0n) is 16.2. The summed E-state index contributed by atoms with van der Waals surface area (Å²) in [6.07, 6.45) is 0. The smallest absolute Gasteiger partial charge is 0.236 e. The number of benzene rings is 2. The summed E-state index contributed by atoms with van der Waals surface area (Å²) in [6, 6.07) is 18.4. The summed E-state index contributed by atoms with van der Waals surface area (Å²) in [5.41, 5.74) is 0.314. The summed E-state index contributed by atoms with van der Waals surface area (Å²) in [5, 5.41) is 0. The Kier molecular flexibility index (Phi) is 6.64. The van der Waals surface area contributed by atoms with Gasteiger partial charge in [0.05, 0.1) is 14.2 Å². The summed E-state index contributed by atoms with van der Waals surface area (Å²) in [5.74, 6) is 4.62. The number of carbonyl (C=O) groups excluding carboxylic acids is 2. The van der Waals surface area contributed by atoms with E-state index in [9.17, 15) is 9.59 Å². The molecule has 0 bridgehead atoms. The van der Waals surface area contributed by atoms with Crippen molar-refractivity contribution < 1.29 is 28.5 Å². The molecule has 0 fully saturated rings. The first kappa shape index (κ1) is 20.4. The minimum absolute atomic E-state index is 0.157. The molecular weight excluding hydrogens is 386 g/mol. The van der Waals surface area contributed by atoms with Gasteiger partial charge in [-0.2, -0.15) is 0 Å². The molecule has 150 valence electrons. The second-order valence-corrected chi connectivity index (χ2v) is 5.78. The number of ether oxygens (including phenoxy) is 4. The van der Waals surface area contributed by atoms with Crippen molar-refractivity contribution in [3.8, 4) is 23.0 Å².